The molecule has 1 aromatic heterocycles. The minimum Gasteiger partial charge on any atom is -0.422 e. The minimum atomic E-state index is -0.553. The maximum atomic E-state index is 12.4. The normalized spacial score (nSPS) is 19.0. The lowest BCUT2D eigenvalue weighted by atomic mass is 10.1. The second-order valence-corrected chi connectivity index (χ2v) is 4.98. The molecule has 1 atom stereocenters. The highest BCUT2D eigenvalue weighted by molar-refractivity contribution is 5.96. The van der Waals surface area contributed by atoms with Crippen molar-refractivity contribution in [1.29, 1.82) is 0 Å². The number of carbonyl (C=O) groups is 1. The summed E-state index contributed by atoms with van der Waals surface area (Å²) >= 11 is 0. The third-order valence-corrected chi connectivity index (χ3v) is 3.69. The zero-order valence-corrected chi connectivity index (χ0v) is 10.8. The Hall–Kier alpha value is -2.10. The van der Waals surface area contributed by atoms with Crippen molar-refractivity contribution in [3.05, 3.63) is 46.3 Å². The van der Waals surface area contributed by atoms with Gasteiger partial charge in [0.05, 0.1) is 0 Å². The molecule has 0 saturated carbocycles. The number of hydrogen-bond donors (Lipinski definition) is 0. The number of nitrogens with zero attached hydrogens (tertiary/aromatic N) is 1. The second-order valence-electron chi connectivity index (χ2n) is 4.98. The van der Waals surface area contributed by atoms with Crippen LogP contribution in [-0.4, -0.2) is 23.4 Å². The molecular formula is C15H15NO3. The van der Waals surface area contributed by atoms with Gasteiger partial charge in [0.2, 0.25) is 0 Å². The molecule has 3 rings (SSSR count). The molecule has 2 aromatic rings. The number of likely N-dealkylation sites (tertiary alicyclic amines) is 1. The van der Waals surface area contributed by atoms with Gasteiger partial charge < -0.3 is 9.32 Å². The van der Waals surface area contributed by atoms with E-state index in [4.69, 9.17) is 4.42 Å². The molecule has 0 N–H and O–H groups in total. The Morgan fingerprint density at radius 3 is 2.89 bits per heavy atom. The summed E-state index contributed by atoms with van der Waals surface area (Å²) in [4.78, 5) is 26.1. The molecule has 1 fully saturated rings. The van der Waals surface area contributed by atoms with E-state index in [1.54, 1.807) is 23.1 Å². The predicted octanol–water partition coefficient (Wildman–Crippen LogP) is 2.42. The first-order chi connectivity index (χ1) is 9.16. The van der Waals surface area contributed by atoms with Crippen LogP contribution >= 0.6 is 0 Å². The Morgan fingerprint density at radius 1 is 1.37 bits per heavy atom. The van der Waals surface area contributed by atoms with Gasteiger partial charge in [0.1, 0.15) is 11.1 Å². The topological polar surface area (TPSA) is 50.5 Å². The van der Waals surface area contributed by atoms with Crippen molar-refractivity contribution < 1.29 is 9.21 Å². The van der Waals surface area contributed by atoms with E-state index >= 15 is 0 Å². The van der Waals surface area contributed by atoms with E-state index in [1.165, 1.54) is 0 Å². The summed E-state index contributed by atoms with van der Waals surface area (Å²) in [6.07, 6.45) is 1.98. The van der Waals surface area contributed by atoms with Gasteiger partial charge in [-0.1, -0.05) is 18.2 Å². The van der Waals surface area contributed by atoms with Crippen molar-refractivity contribution in [2.45, 2.75) is 25.8 Å². The third kappa shape index (κ3) is 2.03. The monoisotopic (exact) mass is 257 g/mol. The third-order valence-electron chi connectivity index (χ3n) is 3.69. The Labute approximate surface area is 110 Å². The molecule has 1 aliphatic heterocycles. The van der Waals surface area contributed by atoms with Gasteiger partial charge in [-0.15, -0.1) is 0 Å². The number of para-hydroxylation sites is 1. The van der Waals surface area contributed by atoms with Crippen molar-refractivity contribution in [3.8, 4) is 0 Å². The molecule has 1 amide bonds. The number of carbonyl (C=O) groups excluding carboxylic acids is 1. The van der Waals surface area contributed by atoms with E-state index in [0.29, 0.717) is 12.1 Å². The quantitative estimate of drug-likeness (QED) is 0.737. The number of amides is 1. The van der Waals surface area contributed by atoms with Crippen LogP contribution in [0.3, 0.4) is 0 Å². The van der Waals surface area contributed by atoms with Crippen LogP contribution in [0.25, 0.3) is 11.0 Å². The first-order valence-electron chi connectivity index (χ1n) is 6.50. The lowest BCUT2D eigenvalue weighted by molar-refractivity contribution is 0.0743. The smallest absolute Gasteiger partial charge is 0.349 e. The molecule has 4 heteroatoms. The van der Waals surface area contributed by atoms with Gasteiger partial charge in [-0.2, -0.15) is 0 Å². The Kier molecular flexibility index (Phi) is 2.85. The first kappa shape index (κ1) is 12.0. The Balaban J connectivity index is 2.07. The van der Waals surface area contributed by atoms with Crippen LogP contribution in [0.1, 0.15) is 30.1 Å². The van der Waals surface area contributed by atoms with Crippen molar-refractivity contribution in [2.24, 2.45) is 0 Å². The van der Waals surface area contributed by atoms with Crippen LogP contribution in [0.15, 0.2) is 39.5 Å². The van der Waals surface area contributed by atoms with Crippen LogP contribution in [0.2, 0.25) is 0 Å². The number of benzene rings is 1. The highest BCUT2D eigenvalue weighted by atomic mass is 16.4. The van der Waals surface area contributed by atoms with Crippen LogP contribution in [0.4, 0.5) is 0 Å². The van der Waals surface area contributed by atoms with Gasteiger partial charge in [-0.05, 0) is 31.9 Å². The molecule has 98 valence electrons. The molecule has 0 radical (unpaired) electrons. The van der Waals surface area contributed by atoms with Gasteiger partial charge in [0.25, 0.3) is 5.91 Å². The maximum absolute atomic E-state index is 12.4. The fourth-order valence-corrected chi connectivity index (χ4v) is 2.60. The van der Waals surface area contributed by atoms with Gasteiger partial charge in [-0.25, -0.2) is 4.79 Å². The number of hydrogen-bond acceptors (Lipinski definition) is 3. The lowest BCUT2D eigenvalue weighted by Gasteiger charge is -2.20. The summed E-state index contributed by atoms with van der Waals surface area (Å²) in [6, 6.07) is 9.04. The first-order valence-corrected chi connectivity index (χ1v) is 6.50. The van der Waals surface area contributed by atoms with Crippen LogP contribution in [0.5, 0.6) is 0 Å². The van der Waals surface area contributed by atoms with Crippen molar-refractivity contribution in [1.82, 2.24) is 4.90 Å². The van der Waals surface area contributed by atoms with E-state index in [1.807, 2.05) is 19.1 Å². The lowest BCUT2D eigenvalue weighted by Crippen LogP contribution is -2.36. The average molecular weight is 257 g/mol. The molecule has 1 unspecified atom stereocenters. The van der Waals surface area contributed by atoms with Crippen LogP contribution < -0.4 is 5.63 Å². The number of fused-ring (bicyclic) bond motifs is 1. The molecule has 0 bridgehead atoms. The molecule has 1 aliphatic rings. The zero-order valence-electron chi connectivity index (χ0n) is 10.8. The molecule has 2 heterocycles. The largest absolute Gasteiger partial charge is 0.422 e. The van der Waals surface area contributed by atoms with Gasteiger partial charge in [-0.3, -0.25) is 4.79 Å². The van der Waals surface area contributed by atoms with Crippen molar-refractivity contribution in [3.63, 3.8) is 0 Å². The second kappa shape index (κ2) is 4.53. The molecule has 4 nitrogen and oxygen atoms in total. The molecule has 1 aromatic carbocycles. The zero-order chi connectivity index (χ0) is 13.4. The van der Waals surface area contributed by atoms with E-state index in [9.17, 15) is 9.59 Å². The van der Waals surface area contributed by atoms with E-state index in [2.05, 4.69) is 0 Å². The summed E-state index contributed by atoms with van der Waals surface area (Å²) in [5, 5.41) is 0.775. The SMILES string of the molecule is CC1CCCN1C(=O)c1cc2ccccc2oc1=O. The van der Waals surface area contributed by atoms with E-state index in [0.717, 1.165) is 18.2 Å². The predicted molar refractivity (Wildman–Crippen MR) is 72.2 cm³/mol. The van der Waals surface area contributed by atoms with Gasteiger partial charge in [0, 0.05) is 18.0 Å². The van der Waals surface area contributed by atoms with Crippen molar-refractivity contribution in [2.75, 3.05) is 6.54 Å². The summed E-state index contributed by atoms with van der Waals surface area (Å²) in [7, 11) is 0. The Morgan fingerprint density at radius 2 is 2.16 bits per heavy atom. The summed E-state index contributed by atoms with van der Waals surface area (Å²) in [5.41, 5.74) is 0.0915. The average Bonchev–Trinajstić information content (AvgIpc) is 2.83. The van der Waals surface area contributed by atoms with E-state index in [-0.39, 0.29) is 17.5 Å². The molecular weight excluding hydrogens is 242 g/mol. The minimum absolute atomic E-state index is 0.132. The highest BCUT2D eigenvalue weighted by Gasteiger charge is 2.28. The standard InChI is InChI=1S/C15H15NO3/c1-10-5-4-8-16(10)14(17)12-9-11-6-2-3-7-13(11)19-15(12)18/h2-3,6-7,9-10H,4-5,8H2,1H3. The fourth-order valence-electron chi connectivity index (χ4n) is 2.60. The molecule has 0 spiro atoms. The molecule has 0 aliphatic carbocycles. The Bertz CT molecular complexity index is 689. The van der Waals surface area contributed by atoms with Gasteiger partial charge >= 0.3 is 5.63 Å². The summed E-state index contributed by atoms with van der Waals surface area (Å²) < 4.78 is 5.21. The fraction of sp³-hybridized carbons (Fsp3) is 0.333. The van der Waals surface area contributed by atoms with Crippen LogP contribution in [0, 0.1) is 0 Å². The van der Waals surface area contributed by atoms with E-state index < -0.39 is 5.63 Å². The highest BCUT2D eigenvalue weighted by Crippen LogP contribution is 2.20. The maximum Gasteiger partial charge on any atom is 0.349 e. The summed E-state index contributed by atoms with van der Waals surface area (Å²) in [5.74, 6) is -0.218. The molecule has 19 heavy (non-hydrogen) atoms. The summed E-state index contributed by atoms with van der Waals surface area (Å²) in [6.45, 7) is 2.72. The van der Waals surface area contributed by atoms with Crippen LogP contribution in [-0.2, 0) is 0 Å². The van der Waals surface area contributed by atoms with Crippen molar-refractivity contribution >= 4 is 16.9 Å². The molecule has 1 saturated heterocycles. The van der Waals surface area contributed by atoms with Gasteiger partial charge in [0.15, 0.2) is 0 Å². The number of rotatable bonds is 1.